The fraction of sp³-hybridized carbons (Fsp3) is 0.385. The van der Waals surface area contributed by atoms with Gasteiger partial charge in [-0.25, -0.2) is 0 Å². The van der Waals surface area contributed by atoms with E-state index in [0.29, 0.717) is 13.2 Å². The molecule has 1 rings (SSSR count). The monoisotopic (exact) mass is 299 g/mol. The summed E-state index contributed by atoms with van der Waals surface area (Å²) in [6.07, 6.45) is 0.212. The quantitative estimate of drug-likeness (QED) is 0.619. The number of amides is 1. The van der Waals surface area contributed by atoms with Gasteiger partial charge in [-0.05, 0) is 12.5 Å². The molecule has 0 heterocycles. The van der Waals surface area contributed by atoms with Gasteiger partial charge in [0.05, 0.1) is 13.0 Å². The summed E-state index contributed by atoms with van der Waals surface area (Å²) in [6, 6.07) is 9.95. The summed E-state index contributed by atoms with van der Waals surface area (Å²) >= 11 is 0. The minimum absolute atomic E-state index is 0.134. The second-order valence-corrected chi connectivity index (χ2v) is 5.87. The molecule has 0 atom stereocenters. The lowest BCUT2D eigenvalue weighted by molar-refractivity contribution is -0.142. The molecule has 0 saturated carbocycles. The van der Waals surface area contributed by atoms with Crippen LogP contribution >= 0.6 is 21.6 Å². The van der Waals surface area contributed by atoms with E-state index < -0.39 is 0 Å². The van der Waals surface area contributed by atoms with Crippen molar-refractivity contribution in [3.8, 4) is 0 Å². The van der Waals surface area contributed by atoms with Crippen molar-refractivity contribution >= 4 is 32.8 Å². The highest BCUT2D eigenvalue weighted by Gasteiger charge is 2.05. The summed E-state index contributed by atoms with van der Waals surface area (Å²) in [6.45, 7) is 2.44. The zero-order chi connectivity index (χ0) is 13.9. The molecule has 0 spiro atoms. The van der Waals surface area contributed by atoms with Crippen LogP contribution in [-0.2, 0) is 15.3 Å². The smallest absolute Gasteiger partial charge is 0.307 e. The highest BCUT2D eigenvalue weighted by atomic mass is 33.1. The van der Waals surface area contributed by atoms with E-state index >= 15 is 0 Å². The van der Waals surface area contributed by atoms with Gasteiger partial charge in [0.2, 0.25) is 0 Å². The van der Waals surface area contributed by atoms with Gasteiger partial charge in [-0.3, -0.25) is 9.59 Å². The molecular weight excluding hydrogens is 282 g/mol. The van der Waals surface area contributed by atoms with Crippen molar-refractivity contribution in [3.05, 3.63) is 35.9 Å². The van der Waals surface area contributed by atoms with E-state index in [1.54, 1.807) is 6.92 Å². The molecule has 0 bridgehead atoms. The summed E-state index contributed by atoms with van der Waals surface area (Å²) in [5.74, 6) is 0.487. The molecule has 0 saturated heterocycles. The summed E-state index contributed by atoms with van der Waals surface area (Å²) in [5.41, 5.74) is 1.18. The van der Waals surface area contributed by atoms with E-state index in [2.05, 4.69) is 5.32 Å². The lowest BCUT2D eigenvalue weighted by Crippen LogP contribution is -2.22. The first-order valence-corrected chi connectivity index (χ1v) is 8.31. The fourth-order valence-corrected chi connectivity index (χ4v) is 2.99. The van der Waals surface area contributed by atoms with E-state index in [1.165, 1.54) is 16.4 Å². The van der Waals surface area contributed by atoms with Gasteiger partial charge in [0.1, 0.15) is 0 Å². The van der Waals surface area contributed by atoms with Gasteiger partial charge >= 0.3 is 5.97 Å². The number of hydrogen-bond acceptors (Lipinski definition) is 5. The molecule has 4 nitrogen and oxygen atoms in total. The molecule has 0 aromatic heterocycles. The molecule has 104 valence electrons. The SMILES string of the molecule is CCOC(=O)CCNC(=O)SSCc1ccccc1. The maximum Gasteiger partial charge on any atom is 0.307 e. The van der Waals surface area contributed by atoms with Crippen LogP contribution < -0.4 is 5.32 Å². The molecule has 0 fully saturated rings. The molecule has 1 N–H and O–H groups in total. The number of esters is 1. The molecule has 19 heavy (non-hydrogen) atoms. The third-order valence-electron chi connectivity index (χ3n) is 2.11. The summed E-state index contributed by atoms with van der Waals surface area (Å²) < 4.78 is 4.76. The minimum Gasteiger partial charge on any atom is -0.466 e. The molecule has 0 unspecified atom stereocenters. The Labute approximate surface area is 121 Å². The van der Waals surface area contributed by atoms with Gasteiger partial charge in [0.25, 0.3) is 5.24 Å². The maximum absolute atomic E-state index is 11.5. The topological polar surface area (TPSA) is 55.4 Å². The third kappa shape index (κ3) is 7.79. The van der Waals surface area contributed by atoms with Crippen molar-refractivity contribution in [1.82, 2.24) is 5.32 Å². The van der Waals surface area contributed by atoms with Gasteiger partial charge in [-0.2, -0.15) is 0 Å². The number of ether oxygens (including phenoxy) is 1. The first-order valence-electron chi connectivity index (χ1n) is 5.99. The normalized spacial score (nSPS) is 9.95. The first kappa shape index (κ1) is 15.9. The van der Waals surface area contributed by atoms with Gasteiger partial charge in [0.15, 0.2) is 0 Å². The van der Waals surface area contributed by atoms with Crippen molar-refractivity contribution in [2.75, 3.05) is 13.2 Å². The predicted octanol–water partition coefficient (Wildman–Crippen LogP) is 3.23. The van der Waals surface area contributed by atoms with Crippen molar-refractivity contribution in [2.24, 2.45) is 0 Å². The molecule has 0 radical (unpaired) electrons. The van der Waals surface area contributed by atoms with E-state index in [1.807, 2.05) is 30.3 Å². The second kappa shape index (κ2) is 9.75. The average Bonchev–Trinajstić information content (AvgIpc) is 2.40. The fourth-order valence-electron chi connectivity index (χ4n) is 1.25. The lowest BCUT2D eigenvalue weighted by atomic mass is 10.2. The van der Waals surface area contributed by atoms with Crippen LogP contribution in [0.2, 0.25) is 0 Å². The Hall–Kier alpha value is -1.14. The van der Waals surface area contributed by atoms with Crippen LogP contribution in [0.3, 0.4) is 0 Å². The molecule has 0 aliphatic carbocycles. The Morgan fingerprint density at radius 2 is 2.00 bits per heavy atom. The zero-order valence-corrected chi connectivity index (χ0v) is 12.4. The van der Waals surface area contributed by atoms with Crippen molar-refractivity contribution in [2.45, 2.75) is 19.1 Å². The Balaban J connectivity index is 2.07. The van der Waals surface area contributed by atoms with Crippen LogP contribution in [0.15, 0.2) is 30.3 Å². The number of rotatable bonds is 7. The van der Waals surface area contributed by atoms with Gasteiger partial charge in [-0.15, -0.1) is 0 Å². The van der Waals surface area contributed by atoms with Crippen LogP contribution in [0.1, 0.15) is 18.9 Å². The van der Waals surface area contributed by atoms with E-state index in [0.717, 1.165) is 16.5 Å². The van der Waals surface area contributed by atoms with E-state index in [4.69, 9.17) is 4.74 Å². The molecular formula is C13H17NO3S2. The molecule has 1 aromatic carbocycles. The number of carbonyl (C=O) groups excluding carboxylic acids is 2. The van der Waals surface area contributed by atoms with Crippen molar-refractivity contribution in [3.63, 3.8) is 0 Å². The van der Waals surface area contributed by atoms with Crippen LogP contribution in [0.5, 0.6) is 0 Å². The Bertz CT molecular complexity index is 398. The number of benzene rings is 1. The third-order valence-corrected chi connectivity index (χ3v) is 4.13. The molecule has 0 aliphatic rings. The van der Waals surface area contributed by atoms with Crippen molar-refractivity contribution < 1.29 is 14.3 Å². The van der Waals surface area contributed by atoms with Crippen LogP contribution in [0.25, 0.3) is 0 Å². The lowest BCUT2D eigenvalue weighted by Gasteiger charge is -2.04. The number of hydrogen-bond donors (Lipinski definition) is 1. The molecule has 6 heteroatoms. The number of nitrogens with one attached hydrogen (secondary N) is 1. The molecule has 1 amide bonds. The Morgan fingerprint density at radius 1 is 1.26 bits per heavy atom. The zero-order valence-electron chi connectivity index (χ0n) is 10.8. The Kier molecular flexibility index (Phi) is 8.16. The average molecular weight is 299 g/mol. The van der Waals surface area contributed by atoms with Gasteiger partial charge in [0, 0.05) is 23.1 Å². The standard InChI is InChI=1S/C13H17NO3S2/c1-2-17-12(15)8-9-14-13(16)19-18-10-11-6-4-3-5-7-11/h3-7H,2,8-10H2,1H3,(H,14,16). The van der Waals surface area contributed by atoms with Crippen LogP contribution in [-0.4, -0.2) is 24.4 Å². The summed E-state index contributed by atoms with van der Waals surface area (Å²) in [5, 5.41) is 2.53. The van der Waals surface area contributed by atoms with Gasteiger partial charge < -0.3 is 10.1 Å². The minimum atomic E-state index is -0.287. The molecule has 1 aromatic rings. The Morgan fingerprint density at radius 3 is 2.68 bits per heavy atom. The van der Waals surface area contributed by atoms with Crippen molar-refractivity contribution in [1.29, 1.82) is 0 Å². The molecule has 0 aliphatic heterocycles. The van der Waals surface area contributed by atoms with E-state index in [-0.39, 0.29) is 17.6 Å². The van der Waals surface area contributed by atoms with Gasteiger partial charge in [-0.1, -0.05) is 41.1 Å². The van der Waals surface area contributed by atoms with Crippen LogP contribution in [0.4, 0.5) is 4.79 Å². The number of carbonyl (C=O) groups is 2. The summed E-state index contributed by atoms with van der Waals surface area (Å²) in [7, 11) is 2.62. The summed E-state index contributed by atoms with van der Waals surface area (Å²) in [4.78, 5) is 22.5. The maximum atomic E-state index is 11.5. The largest absolute Gasteiger partial charge is 0.466 e. The first-order chi connectivity index (χ1) is 9.22. The highest BCUT2D eigenvalue weighted by Crippen LogP contribution is 2.26. The predicted molar refractivity (Wildman–Crippen MR) is 80.0 cm³/mol. The van der Waals surface area contributed by atoms with E-state index in [9.17, 15) is 9.59 Å². The van der Waals surface area contributed by atoms with Crippen LogP contribution in [0, 0.1) is 0 Å². The second-order valence-electron chi connectivity index (χ2n) is 3.60. The highest BCUT2D eigenvalue weighted by molar-refractivity contribution is 8.81.